The lowest BCUT2D eigenvalue weighted by molar-refractivity contribution is 0.0937. The molecular weight excluding hydrogens is 176 g/mol. The summed E-state index contributed by atoms with van der Waals surface area (Å²) in [6, 6.07) is 0. The molecule has 1 fully saturated rings. The van der Waals surface area contributed by atoms with Crippen LogP contribution in [0.3, 0.4) is 0 Å². The zero-order valence-corrected chi connectivity index (χ0v) is 8.01. The van der Waals surface area contributed by atoms with Crippen LogP contribution in [0.4, 0.5) is 0 Å². The SMILES string of the molecule is CC=CCOC1CCS(=O)(=O)C1. The van der Waals surface area contributed by atoms with E-state index in [4.69, 9.17) is 4.74 Å². The zero-order chi connectivity index (χ0) is 9.03. The number of allylic oxidation sites excluding steroid dienone is 1. The topological polar surface area (TPSA) is 43.4 Å². The van der Waals surface area contributed by atoms with Crippen LogP contribution in [0.25, 0.3) is 0 Å². The molecule has 70 valence electrons. The molecular formula is C8H14O3S. The van der Waals surface area contributed by atoms with Crippen molar-refractivity contribution in [1.29, 1.82) is 0 Å². The van der Waals surface area contributed by atoms with Crippen molar-refractivity contribution in [2.24, 2.45) is 0 Å². The van der Waals surface area contributed by atoms with Gasteiger partial charge >= 0.3 is 0 Å². The molecule has 0 spiro atoms. The van der Waals surface area contributed by atoms with Gasteiger partial charge in [-0.25, -0.2) is 8.42 Å². The van der Waals surface area contributed by atoms with Crippen LogP contribution in [-0.4, -0.2) is 32.6 Å². The molecule has 1 aliphatic rings. The molecule has 0 aromatic rings. The Morgan fingerprint density at radius 3 is 2.83 bits per heavy atom. The molecule has 1 saturated heterocycles. The van der Waals surface area contributed by atoms with Gasteiger partial charge in [0.05, 0.1) is 24.2 Å². The predicted molar refractivity (Wildman–Crippen MR) is 47.8 cm³/mol. The zero-order valence-electron chi connectivity index (χ0n) is 7.19. The Kier molecular flexibility index (Phi) is 3.29. The van der Waals surface area contributed by atoms with Crippen molar-refractivity contribution >= 4 is 9.84 Å². The smallest absolute Gasteiger partial charge is 0.152 e. The molecule has 0 aromatic heterocycles. The van der Waals surface area contributed by atoms with Gasteiger partial charge in [0.25, 0.3) is 0 Å². The maximum Gasteiger partial charge on any atom is 0.152 e. The first-order valence-electron chi connectivity index (χ1n) is 4.07. The normalized spacial score (nSPS) is 28.2. The fourth-order valence-electron chi connectivity index (χ4n) is 1.18. The molecule has 4 heteroatoms. The average Bonchev–Trinajstić information content (AvgIpc) is 2.31. The molecule has 3 nitrogen and oxygen atoms in total. The van der Waals surface area contributed by atoms with Gasteiger partial charge in [-0.3, -0.25) is 0 Å². The van der Waals surface area contributed by atoms with Crippen molar-refractivity contribution in [3.8, 4) is 0 Å². The minimum atomic E-state index is -2.78. The van der Waals surface area contributed by atoms with E-state index in [9.17, 15) is 8.42 Å². The molecule has 0 N–H and O–H groups in total. The molecule has 0 aromatic carbocycles. The molecule has 1 rings (SSSR count). The standard InChI is InChI=1S/C8H14O3S/c1-2-3-5-11-8-4-6-12(9,10)7-8/h2-3,8H,4-7H2,1H3. The van der Waals surface area contributed by atoms with Crippen LogP contribution in [0.15, 0.2) is 12.2 Å². The van der Waals surface area contributed by atoms with Gasteiger partial charge in [0, 0.05) is 0 Å². The summed E-state index contributed by atoms with van der Waals surface area (Å²) in [5.74, 6) is 0.484. The molecule has 0 bridgehead atoms. The molecule has 1 aliphatic heterocycles. The average molecular weight is 190 g/mol. The third-order valence-corrected chi connectivity index (χ3v) is 3.59. The van der Waals surface area contributed by atoms with Crippen LogP contribution in [0.5, 0.6) is 0 Å². The summed E-state index contributed by atoms with van der Waals surface area (Å²) in [7, 11) is -2.78. The van der Waals surface area contributed by atoms with E-state index in [1.807, 2.05) is 19.1 Å². The maximum absolute atomic E-state index is 11.0. The summed E-state index contributed by atoms with van der Waals surface area (Å²) in [6.07, 6.45) is 4.35. The Morgan fingerprint density at radius 1 is 1.58 bits per heavy atom. The summed E-state index contributed by atoms with van der Waals surface area (Å²) >= 11 is 0. The lowest BCUT2D eigenvalue weighted by Gasteiger charge is -2.06. The summed E-state index contributed by atoms with van der Waals surface area (Å²) in [4.78, 5) is 0. The quantitative estimate of drug-likeness (QED) is 0.617. The highest BCUT2D eigenvalue weighted by molar-refractivity contribution is 7.91. The van der Waals surface area contributed by atoms with Crippen molar-refractivity contribution in [1.82, 2.24) is 0 Å². The van der Waals surface area contributed by atoms with Gasteiger partial charge in [0.1, 0.15) is 0 Å². The molecule has 1 unspecified atom stereocenters. The molecule has 0 radical (unpaired) electrons. The molecule has 0 amide bonds. The highest BCUT2D eigenvalue weighted by atomic mass is 32.2. The van der Waals surface area contributed by atoms with Crippen LogP contribution < -0.4 is 0 Å². The number of ether oxygens (including phenoxy) is 1. The van der Waals surface area contributed by atoms with E-state index in [-0.39, 0.29) is 17.6 Å². The summed E-state index contributed by atoms with van der Waals surface area (Å²) in [5, 5.41) is 0. The fourth-order valence-corrected chi connectivity index (χ4v) is 2.80. The highest BCUT2D eigenvalue weighted by Crippen LogP contribution is 2.14. The fraction of sp³-hybridized carbons (Fsp3) is 0.750. The number of hydrogen-bond acceptors (Lipinski definition) is 3. The second-order valence-electron chi connectivity index (χ2n) is 2.93. The second-order valence-corrected chi connectivity index (χ2v) is 5.16. The van der Waals surface area contributed by atoms with Crippen LogP contribution in [0.1, 0.15) is 13.3 Å². The van der Waals surface area contributed by atoms with Gasteiger partial charge in [-0.15, -0.1) is 0 Å². The van der Waals surface area contributed by atoms with E-state index in [1.165, 1.54) is 0 Å². The van der Waals surface area contributed by atoms with E-state index >= 15 is 0 Å². The van der Waals surface area contributed by atoms with Gasteiger partial charge in [-0.2, -0.15) is 0 Å². The van der Waals surface area contributed by atoms with E-state index in [2.05, 4.69) is 0 Å². The summed E-state index contributed by atoms with van der Waals surface area (Å²) in [5.41, 5.74) is 0. The third-order valence-electron chi connectivity index (χ3n) is 1.85. The first-order chi connectivity index (χ1) is 5.64. The first-order valence-corrected chi connectivity index (χ1v) is 5.89. The second kappa shape index (κ2) is 4.05. The molecule has 0 saturated carbocycles. The van der Waals surface area contributed by atoms with Crippen molar-refractivity contribution in [3.05, 3.63) is 12.2 Å². The van der Waals surface area contributed by atoms with Crippen LogP contribution >= 0.6 is 0 Å². The summed E-state index contributed by atoms with van der Waals surface area (Å²) in [6.45, 7) is 2.44. The minimum Gasteiger partial charge on any atom is -0.373 e. The largest absolute Gasteiger partial charge is 0.373 e. The third kappa shape index (κ3) is 2.95. The van der Waals surface area contributed by atoms with E-state index in [0.29, 0.717) is 13.0 Å². The Morgan fingerprint density at radius 2 is 2.33 bits per heavy atom. The Hall–Kier alpha value is -0.350. The lowest BCUT2D eigenvalue weighted by atomic mass is 10.3. The van der Waals surface area contributed by atoms with Crippen LogP contribution in [0, 0.1) is 0 Å². The van der Waals surface area contributed by atoms with Crippen LogP contribution in [0.2, 0.25) is 0 Å². The molecule has 12 heavy (non-hydrogen) atoms. The van der Waals surface area contributed by atoms with Crippen molar-refractivity contribution < 1.29 is 13.2 Å². The van der Waals surface area contributed by atoms with E-state index < -0.39 is 9.84 Å². The first kappa shape index (κ1) is 9.74. The van der Waals surface area contributed by atoms with Gasteiger partial charge < -0.3 is 4.74 Å². The van der Waals surface area contributed by atoms with Crippen molar-refractivity contribution in [2.45, 2.75) is 19.4 Å². The van der Waals surface area contributed by atoms with Gasteiger partial charge in [-0.05, 0) is 13.3 Å². The predicted octanol–water partition coefficient (Wildman–Crippen LogP) is 0.766. The van der Waals surface area contributed by atoms with E-state index in [1.54, 1.807) is 0 Å². The highest BCUT2D eigenvalue weighted by Gasteiger charge is 2.27. The maximum atomic E-state index is 11.0. The van der Waals surface area contributed by atoms with Crippen molar-refractivity contribution in [3.63, 3.8) is 0 Å². The number of hydrogen-bond donors (Lipinski definition) is 0. The molecule has 1 heterocycles. The van der Waals surface area contributed by atoms with Crippen LogP contribution in [-0.2, 0) is 14.6 Å². The minimum absolute atomic E-state index is 0.0776. The molecule has 1 atom stereocenters. The molecule has 0 aliphatic carbocycles. The Labute approximate surface area is 73.3 Å². The van der Waals surface area contributed by atoms with E-state index in [0.717, 1.165) is 0 Å². The Balaban J connectivity index is 2.29. The lowest BCUT2D eigenvalue weighted by Crippen LogP contribution is -2.14. The number of rotatable bonds is 3. The number of sulfone groups is 1. The van der Waals surface area contributed by atoms with Crippen molar-refractivity contribution in [2.75, 3.05) is 18.1 Å². The monoisotopic (exact) mass is 190 g/mol. The van der Waals surface area contributed by atoms with Gasteiger partial charge in [-0.1, -0.05) is 12.2 Å². The Bertz CT molecular complexity index is 253. The summed E-state index contributed by atoms with van der Waals surface area (Å²) < 4.78 is 27.3. The van der Waals surface area contributed by atoms with Gasteiger partial charge in [0.15, 0.2) is 9.84 Å². The van der Waals surface area contributed by atoms with Gasteiger partial charge in [0.2, 0.25) is 0 Å².